The van der Waals surface area contributed by atoms with Gasteiger partial charge in [-0.3, -0.25) is 0 Å². The number of allylic oxidation sites excluding steroid dienone is 3. The van der Waals surface area contributed by atoms with Crippen molar-refractivity contribution in [1.82, 2.24) is 0 Å². The van der Waals surface area contributed by atoms with E-state index in [1.807, 2.05) is 0 Å². The minimum absolute atomic E-state index is 0.0100. The van der Waals surface area contributed by atoms with Crippen LogP contribution >= 0.6 is 22.6 Å². The van der Waals surface area contributed by atoms with Crippen LogP contribution in [0, 0.1) is 0 Å². The second kappa shape index (κ2) is 8.93. The number of hydrogen-bond acceptors (Lipinski definition) is 1. The van der Waals surface area contributed by atoms with Gasteiger partial charge in [0.15, 0.2) is 6.20 Å². The lowest BCUT2D eigenvalue weighted by molar-refractivity contribution is -0.671. The van der Waals surface area contributed by atoms with E-state index in [2.05, 4.69) is 132 Å². The number of unbranched alkanes of at least 4 members (excludes halogenated alkanes) is 1. The van der Waals surface area contributed by atoms with E-state index in [0.717, 1.165) is 6.54 Å². The van der Waals surface area contributed by atoms with Crippen molar-refractivity contribution in [3.05, 3.63) is 89.8 Å². The third-order valence-electron chi connectivity index (χ3n) is 6.21. The van der Waals surface area contributed by atoms with Crippen LogP contribution in [-0.4, -0.2) is 11.5 Å². The molecular weight excluding hydrogens is 479 g/mol. The molecule has 0 spiro atoms. The summed E-state index contributed by atoms with van der Waals surface area (Å²) in [5.74, 6) is 0. The number of hydrogen-bond donors (Lipinski definition) is 0. The SMILES string of the molecule is CN1/C(=C/C=C/c2cc[n+](CCCCI)c3ccccc23)C(C)(C)c2ccccc21. The van der Waals surface area contributed by atoms with Crippen LogP contribution in [-0.2, 0) is 12.0 Å². The Bertz CT molecular complexity index is 1110. The molecule has 0 saturated carbocycles. The molecule has 0 aliphatic carbocycles. The van der Waals surface area contributed by atoms with Crippen molar-refractivity contribution in [3.63, 3.8) is 0 Å². The molecule has 0 N–H and O–H groups in total. The van der Waals surface area contributed by atoms with E-state index in [9.17, 15) is 0 Å². The zero-order valence-electron chi connectivity index (χ0n) is 18.1. The van der Waals surface area contributed by atoms with E-state index in [1.54, 1.807) is 0 Å². The third kappa shape index (κ3) is 3.92. The van der Waals surface area contributed by atoms with Crippen molar-refractivity contribution in [3.8, 4) is 0 Å². The summed E-state index contributed by atoms with van der Waals surface area (Å²) in [6, 6.07) is 19.7. The van der Waals surface area contributed by atoms with Gasteiger partial charge in [0, 0.05) is 42.4 Å². The van der Waals surface area contributed by atoms with Crippen LogP contribution in [0.1, 0.15) is 37.8 Å². The highest BCUT2D eigenvalue weighted by molar-refractivity contribution is 14.1. The van der Waals surface area contributed by atoms with Gasteiger partial charge in [0.2, 0.25) is 5.52 Å². The second-order valence-corrected chi connectivity index (χ2v) is 9.57. The fourth-order valence-electron chi connectivity index (χ4n) is 4.57. The molecule has 0 saturated heterocycles. The Morgan fingerprint density at radius 3 is 2.57 bits per heavy atom. The third-order valence-corrected chi connectivity index (χ3v) is 6.97. The minimum Gasteiger partial charge on any atom is -0.347 e. The Kier molecular flexibility index (Phi) is 6.28. The summed E-state index contributed by atoms with van der Waals surface area (Å²) in [5, 5.41) is 1.31. The number of aromatic nitrogens is 1. The molecule has 2 nitrogen and oxygen atoms in total. The number of aryl methyl sites for hydroxylation is 1. The van der Waals surface area contributed by atoms with Gasteiger partial charge in [0.1, 0.15) is 6.54 Å². The molecular formula is C27H30IN2+. The molecule has 0 fully saturated rings. The highest BCUT2D eigenvalue weighted by Crippen LogP contribution is 2.46. The van der Waals surface area contributed by atoms with Crippen LogP contribution in [0.3, 0.4) is 0 Å². The number of benzene rings is 2. The van der Waals surface area contributed by atoms with Crippen molar-refractivity contribution >= 4 is 45.3 Å². The fourth-order valence-corrected chi connectivity index (χ4v) is 5.11. The quantitative estimate of drug-likeness (QED) is 0.156. The number of alkyl halides is 1. The van der Waals surface area contributed by atoms with Crippen LogP contribution in [0.4, 0.5) is 5.69 Å². The van der Waals surface area contributed by atoms with Gasteiger partial charge in [-0.2, -0.15) is 4.57 Å². The van der Waals surface area contributed by atoms with Crippen molar-refractivity contribution in [1.29, 1.82) is 0 Å². The van der Waals surface area contributed by atoms with Gasteiger partial charge in [0.25, 0.3) is 0 Å². The molecule has 1 aliphatic heterocycles. The largest absolute Gasteiger partial charge is 0.347 e. The van der Waals surface area contributed by atoms with Gasteiger partial charge in [-0.15, -0.1) is 0 Å². The Balaban J connectivity index is 1.65. The predicted octanol–water partition coefficient (Wildman–Crippen LogP) is 6.67. The summed E-state index contributed by atoms with van der Waals surface area (Å²) >= 11 is 2.46. The second-order valence-electron chi connectivity index (χ2n) is 8.49. The zero-order chi connectivity index (χ0) is 21.1. The molecule has 0 atom stereocenters. The standard InChI is InChI=1S/C27H30IN2/c1-27(2)23-13-5-7-15-25(23)29(3)26(27)16-10-11-21-17-20-30(19-9-8-18-28)24-14-6-4-12-22(21)24/h4-7,10-17,20H,8-9,18-19H2,1-3H3/q+1. The van der Waals surface area contributed by atoms with Crippen LogP contribution in [0.2, 0.25) is 0 Å². The molecule has 0 unspecified atom stereocenters. The number of rotatable bonds is 6. The zero-order valence-corrected chi connectivity index (χ0v) is 20.3. The molecule has 4 rings (SSSR count). The van der Waals surface area contributed by atoms with E-state index < -0.39 is 0 Å². The molecule has 3 heteroatoms. The number of halogens is 1. The average molecular weight is 509 g/mol. The summed E-state index contributed by atoms with van der Waals surface area (Å²) in [7, 11) is 2.17. The lowest BCUT2D eigenvalue weighted by Crippen LogP contribution is -2.34. The maximum Gasteiger partial charge on any atom is 0.213 e. The Labute approximate surface area is 194 Å². The Hall–Kier alpha value is -2.14. The first kappa shape index (κ1) is 21.1. The highest BCUT2D eigenvalue weighted by atomic mass is 127. The predicted molar refractivity (Wildman–Crippen MR) is 137 cm³/mol. The van der Waals surface area contributed by atoms with Crippen LogP contribution in [0.15, 0.2) is 78.6 Å². The highest BCUT2D eigenvalue weighted by Gasteiger charge is 2.37. The van der Waals surface area contributed by atoms with E-state index in [4.69, 9.17) is 0 Å². The maximum atomic E-state index is 2.46. The van der Waals surface area contributed by atoms with Gasteiger partial charge in [-0.05, 0) is 40.2 Å². The molecule has 0 radical (unpaired) electrons. The summed E-state index contributed by atoms with van der Waals surface area (Å²) in [5.41, 5.74) is 6.62. The van der Waals surface area contributed by atoms with Crippen molar-refractivity contribution in [2.24, 2.45) is 0 Å². The lowest BCUT2D eigenvalue weighted by atomic mass is 9.84. The average Bonchev–Trinajstić information content (AvgIpc) is 2.95. The monoisotopic (exact) mass is 509 g/mol. The smallest absolute Gasteiger partial charge is 0.213 e. The number of anilines is 1. The first-order chi connectivity index (χ1) is 14.5. The van der Waals surface area contributed by atoms with Gasteiger partial charge in [0.05, 0.1) is 5.39 Å². The van der Waals surface area contributed by atoms with E-state index >= 15 is 0 Å². The molecule has 1 aliphatic rings. The first-order valence-corrected chi connectivity index (χ1v) is 12.3. The molecule has 0 amide bonds. The number of pyridine rings is 1. The summed E-state index contributed by atoms with van der Waals surface area (Å²) in [4.78, 5) is 2.32. The molecule has 154 valence electrons. The fraction of sp³-hybridized carbons (Fsp3) is 0.296. The first-order valence-electron chi connectivity index (χ1n) is 10.7. The van der Waals surface area contributed by atoms with Gasteiger partial charge < -0.3 is 4.90 Å². The van der Waals surface area contributed by atoms with Gasteiger partial charge in [-0.25, -0.2) is 0 Å². The molecule has 1 aromatic heterocycles. The van der Waals surface area contributed by atoms with E-state index in [-0.39, 0.29) is 5.41 Å². The van der Waals surface area contributed by atoms with Crippen molar-refractivity contribution < 1.29 is 4.57 Å². The molecule has 2 aromatic carbocycles. The maximum absolute atomic E-state index is 2.46. The molecule has 3 aromatic rings. The normalized spacial score (nSPS) is 16.7. The lowest BCUT2D eigenvalue weighted by Gasteiger charge is -2.23. The molecule has 2 heterocycles. The molecule has 0 bridgehead atoms. The number of fused-ring (bicyclic) bond motifs is 2. The molecule has 30 heavy (non-hydrogen) atoms. The minimum atomic E-state index is 0.0100. The number of para-hydroxylation sites is 2. The van der Waals surface area contributed by atoms with Crippen LogP contribution in [0.5, 0.6) is 0 Å². The summed E-state index contributed by atoms with van der Waals surface area (Å²) in [6.07, 6.45) is 11.5. The van der Waals surface area contributed by atoms with Crippen LogP contribution < -0.4 is 9.47 Å². The Morgan fingerprint density at radius 2 is 1.77 bits per heavy atom. The number of likely N-dealkylation sites (N-methyl/N-ethyl adjacent to an activating group) is 1. The number of nitrogens with zero attached hydrogens (tertiary/aromatic N) is 2. The van der Waals surface area contributed by atoms with Crippen molar-refractivity contribution in [2.75, 3.05) is 16.4 Å². The van der Waals surface area contributed by atoms with Crippen LogP contribution in [0.25, 0.3) is 17.0 Å². The summed E-state index contributed by atoms with van der Waals surface area (Å²) < 4.78 is 3.61. The topological polar surface area (TPSA) is 7.12 Å². The van der Waals surface area contributed by atoms with E-state index in [1.165, 1.54) is 50.7 Å². The van der Waals surface area contributed by atoms with Gasteiger partial charge in [-0.1, -0.05) is 78.9 Å². The summed E-state index contributed by atoms with van der Waals surface area (Å²) in [6.45, 7) is 5.70. The Morgan fingerprint density at radius 1 is 1.00 bits per heavy atom. The van der Waals surface area contributed by atoms with Crippen molar-refractivity contribution in [2.45, 2.75) is 38.6 Å². The van der Waals surface area contributed by atoms with Gasteiger partial charge >= 0.3 is 0 Å². The van der Waals surface area contributed by atoms with E-state index in [0.29, 0.717) is 0 Å².